The normalized spacial score (nSPS) is 11.5. The second-order valence-corrected chi connectivity index (χ2v) is 5.26. The highest BCUT2D eigenvalue weighted by atomic mass is 32.2. The molecule has 0 bridgehead atoms. The first-order chi connectivity index (χ1) is 8.34. The number of carboxylic acid groups (broad SMARTS) is 1. The van der Waals surface area contributed by atoms with Crippen LogP contribution in [0.1, 0.15) is 13.8 Å². The minimum atomic E-state index is -0.948. The molecule has 7 heteroatoms. The van der Waals surface area contributed by atoms with Gasteiger partial charge in [0, 0.05) is 19.4 Å². The molecular formula is C11H16N2O4S. The molecule has 1 rings (SSSR count). The van der Waals surface area contributed by atoms with Crippen molar-refractivity contribution in [2.24, 2.45) is 0 Å². The van der Waals surface area contributed by atoms with Crippen molar-refractivity contribution in [1.29, 1.82) is 0 Å². The lowest BCUT2D eigenvalue weighted by Gasteiger charge is -2.25. The fourth-order valence-electron chi connectivity index (χ4n) is 1.25. The maximum absolute atomic E-state index is 11.2. The number of aromatic nitrogens is 2. The predicted molar refractivity (Wildman–Crippen MR) is 67.9 cm³/mol. The van der Waals surface area contributed by atoms with Crippen molar-refractivity contribution in [2.75, 3.05) is 12.9 Å². The number of ether oxygens (including phenoxy) is 1. The van der Waals surface area contributed by atoms with Crippen LogP contribution in [0.15, 0.2) is 22.2 Å². The van der Waals surface area contributed by atoms with E-state index in [1.165, 1.54) is 6.07 Å². The van der Waals surface area contributed by atoms with E-state index in [9.17, 15) is 9.59 Å². The van der Waals surface area contributed by atoms with Crippen LogP contribution in [0.5, 0.6) is 0 Å². The molecule has 1 N–H and O–H groups in total. The lowest BCUT2D eigenvalue weighted by Crippen LogP contribution is -2.30. The largest absolute Gasteiger partial charge is 0.481 e. The van der Waals surface area contributed by atoms with Gasteiger partial charge in [-0.3, -0.25) is 9.59 Å². The fourth-order valence-corrected chi connectivity index (χ4v) is 1.95. The van der Waals surface area contributed by atoms with Gasteiger partial charge in [-0.2, -0.15) is 4.98 Å². The summed E-state index contributed by atoms with van der Waals surface area (Å²) in [6.07, 6.45) is 1.60. The molecule has 0 unspecified atom stereocenters. The molecule has 0 saturated heterocycles. The highest BCUT2D eigenvalue weighted by Crippen LogP contribution is 2.18. The van der Waals surface area contributed by atoms with E-state index in [2.05, 4.69) is 4.98 Å². The number of rotatable bonds is 6. The summed E-state index contributed by atoms with van der Waals surface area (Å²) in [5.74, 6) is -1.08. The molecule has 0 amide bonds. The van der Waals surface area contributed by atoms with Crippen molar-refractivity contribution in [1.82, 2.24) is 9.55 Å². The van der Waals surface area contributed by atoms with E-state index in [-0.39, 0.29) is 11.3 Å². The second kappa shape index (κ2) is 6.01. The van der Waals surface area contributed by atoms with Crippen LogP contribution in [0.25, 0.3) is 0 Å². The van der Waals surface area contributed by atoms with Crippen LogP contribution in [-0.2, 0) is 16.1 Å². The molecule has 1 heterocycles. The van der Waals surface area contributed by atoms with E-state index in [4.69, 9.17) is 9.84 Å². The number of thioether (sulfide) groups is 1. The number of methoxy groups -OCH3 is 1. The minimum Gasteiger partial charge on any atom is -0.481 e. The van der Waals surface area contributed by atoms with Gasteiger partial charge in [0.1, 0.15) is 0 Å². The summed E-state index contributed by atoms with van der Waals surface area (Å²) in [5.41, 5.74) is -0.802. The van der Waals surface area contributed by atoms with Gasteiger partial charge >= 0.3 is 5.97 Å². The minimum absolute atomic E-state index is 0.135. The molecule has 1 aromatic rings. The van der Waals surface area contributed by atoms with Gasteiger partial charge in [-0.1, -0.05) is 11.8 Å². The van der Waals surface area contributed by atoms with E-state index in [0.717, 1.165) is 11.8 Å². The lowest BCUT2D eigenvalue weighted by molar-refractivity contribution is -0.133. The number of hydrogen-bond donors (Lipinski definition) is 1. The van der Waals surface area contributed by atoms with Crippen molar-refractivity contribution in [3.8, 4) is 0 Å². The van der Waals surface area contributed by atoms with Crippen molar-refractivity contribution in [2.45, 2.75) is 31.1 Å². The molecule has 100 valence electrons. The van der Waals surface area contributed by atoms with Crippen molar-refractivity contribution >= 4 is 17.7 Å². The topological polar surface area (TPSA) is 81.4 Å². The maximum atomic E-state index is 11.2. The Labute approximate surface area is 109 Å². The Morgan fingerprint density at radius 3 is 2.83 bits per heavy atom. The van der Waals surface area contributed by atoms with Crippen molar-refractivity contribution < 1.29 is 14.6 Å². The second-order valence-electron chi connectivity index (χ2n) is 4.32. The molecule has 0 fully saturated rings. The smallest absolute Gasteiger partial charge is 0.313 e. The fraction of sp³-hybridized carbons (Fsp3) is 0.545. The molecule has 0 saturated carbocycles. The molecule has 6 nitrogen and oxygen atoms in total. The number of nitrogens with zero attached hydrogens (tertiary/aromatic N) is 2. The standard InChI is InChI=1S/C11H16N2O4S/c1-11(2,17-3)7-13-5-4-8(14)12-10(13)18-6-9(15)16/h4-5H,6-7H2,1-3H3,(H,15,16). The lowest BCUT2D eigenvalue weighted by atomic mass is 10.1. The van der Waals surface area contributed by atoms with Crippen LogP contribution in [0.3, 0.4) is 0 Å². The SMILES string of the molecule is COC(C)(C)Cn1ccc(=O)nc1SCC(=O)O. The Balaban J connectivity index is 2.96. The van der Waals surface area contributed by atoms with Crippen LogP contribution in [0.2, 0.25) is 0 Å². The summed E-state index contributed by atoms with van der Waals surface area (Å²) >= 11 is 1.02. The van der Waals surface area contributed by atoms with Gasteiger partial charge in [-0.25, -0.2) is 0 Å². The van der Waals surface area contributed by atoms with Gasteiger partial charge in [0.05, 0.1) is 17.9 Å². The van der Waals surface area contributed by atoms with Crippen molar-refractivity contribution in [3.63, 3.8) is 0 Å². The first kappa shape index (κ1) is 14.7. The Bertz CT molecular complexity index is 484. The summed E-state index contributed by atoms with van der Waals surface area (Å²) < 4.78 is 7.02. The highest BCUT2D eigenvalue weighted by Gasteiger charge is 2.19. The van der Waals surface area contributed by atoms with Crippen LogP contribution in [0, 0.1) is 0 Å². The third-order valence-electron chi connectivity index (χ3n) is 2.28. The molecule has 0 aliphatic rings. The third kappa shape index (κ3) is 4.50. The Kier molecular flexibility index (Phi) is 4.92. The molecule has 0 aromatic carbocycles. The Hall–Kier alpha value is -1.34. The van der Waals surface area contributed by atoms with E-state index in [0.29, 0.717) is 11.7 Å². The zero-order valence-electron chi connectivity index (χ0n) is 10.5. The van der Waals surface area contributed by atoms with Crippen LogP contribution in [0.4, 0.5) is 0 Å². The maximum Gasteiger partial charge on any atom is 0.313 e. The summed E-state index contributed by atoms with van der Waals surface area (Å²) in [4.78, 5) is 25.6. The number of aliphatic carboxylic acids is 1. The molecule has 0 radical (unpaired) electrons. The summed E-state index contributed by atoms with van der Waals surface area (Å²) in [6.45, 7) is 4.28. The molecule has 1 aromatic heterocycles. The number of carboxylic acids is 1. The van der Waals surface area contributed by atoms with Gasteiger partial charge < -0.3 is 14.4 Å². The average molecular weight is 272 g/mol. The zero-order valence-corrected chi connectivity index (χ0v) is 11.4. The van der Waals surface area contributed by atoms with E-state index < -0.39 is 11.6 Å². The van der Waals surface area contributed by atoms with Crippen LogP contribution in [-0.4, -0.2) is 39.1 Å². The number of carbonyl (C=O) groups is 1. The first-order valence-corrected chi connectivity index (χ1v) is 6.30. The molecule has 18 heavy (non-hydrogen) atoms. The summed E-state index contributed by atoms with van der Waals surface area (Å²) in [5, 5.41) is 9.04. The Morgan fingerprint density at radius 1 is 1.61 bits per heavy atom. The predicted octanol–water partition coefficient (Wildman–Crippen LogP) is 0.845. The summed E-state index contributed by atoms with van der Waals surface area (Å²) in [6, 6.07) is 1.34. The molecular weight excluding hydrogens is 256 g/mol. The van der Waals surface area contributed by atoms with Crippen molar-refractivity contribution in [3.05, 3.63) is 22.6 Å². The van der Waals surface area contributed by atoms with Gasteiger partial charge in [-0.15, -0.1) is 0 Å². The Morgan fingerprint density at radius 2 is 2.28 bits per heavy atom. The molecule has 0 atom stereocenters. The number of hydrogen-bond acceptors (Lipinski definition) is 5. The van der Waals surface area contributed by atoms with Gasteiger partial charge in [0.2, 0.25) is 0 Å². The van der Waals surface area contributed by atoms with Gasteiger partial charge in [-0.05, 0) is 13.8 Å². The highest BCUT2D eigenvalue weighted by molar-refractivity contribution is 7.99. The molecule has 0 aliphatic carbocycles. The van der Waals surface area contributed by atoms with E-state index in [1.807, 2.05) is 13.8 Å². The third-order valence-corrected chi connectivity index (χ3v) is 3.25. The van der Waals surface area contributed by atoms with Crippen LogP contribution < -0.4 is 5.56 Å². The van der Waals surface area contributed by atoms with E-state index in [1.54, 1.807) is 17.9 Å². The molecule has 0 aliphatic heterocycles. The average Bonchev–Trinajstić information content (AvgIpc) is 2.29. The summed E-state index contributed by atoms with van der Waals surface area (Å²) in [7, 11) is 1.60. The monoisotopic (exact) mass is 272 g/mol. The molecule has 0 spiro atoms. The quantitative estimate of drug-likeness (QED) is 0.610. The first-order valence-electron chi connectivity index (χ1n) is 5.31. The van der Waals surface area contributed by atoms with E-state index >= 15 is 0 Å². The zero-order chi connectivity index (χ0) is 13.8. The van der Waals surface area contributed by atoms with Gasteiger partial charge in [0.25, 0.3) is 5.56 Å². The van der Waals surface area contributed by atoms with Gasteiger partial charge in [0.15, 0.2) is 5.16 Å². The van der Waals surface area contributed by atoms with Crippen LogP contribution >= 0.6 is 11.8 Å².